The molecule has 0 heterocycles. The Morgan fingerprint density at radius 1 is 1.30 bits per heavy atom. The van der Waals surface area contributed by atoms with Crippen LogP contribution in [0.1, 0.15) is 44.7 Å². The minimum absolute atomic E-state index is 0.213. The second-order valence-electron chi connectivity index (χ2n) is 6.32. The van der Waals surface area contributed by atoms with Gasteiger partial charge >= 0.3 is 0 Å². The molecule has 2 saturated carbocycles. The highest BCUT2D eigenvalue weighted by Crippen LogP contribution is 2.54. The minimum Gasteiger partial charge on any atom is -0.326 e. The summed E-state index contributed by atoms with van der Waals surface area (Å²) in [5.74, 6) is 2.16. The average molecular weight is 272 g/mol. The van der Waals surface area contributed by atoms with Crippen LogP contribution in [-0.2, 0) is 4.79 Å². The summed E-state index contributed by atoms with van der Waals surface area (Å²) >= 11 is 0. The molecule has 2 fully saturated rings. The summed E-state index contributed by atoms with van der Waals surface area (Å²) in [6.07, 6.45) is 3.56. The first-order valence-electron chi connectivity index (χ1n) is 7.81. The van der Waals surface area contributed by atoms with Crippen molar-refractivity contribution in [3.8, 4) is 0 Å². The minimum atomic E-state index is 0.213. The monoisotopic (exact) mass is 272 g/mol. The highest BCUT2D eigenvalue weighted by molar-refractivity contribution is 5.93. The van der Waals surface area contributed by atoms with Crippen molar-refractivity contribution in [2.24, 2.45) is 17.8 Å². The first-order valence-corrected chi connectivity index (χ1v) is 7.81. The molecule has 3 heteroatoms. The van der Waals surface area contributed by atoms with Gasteiger partial charge < -0.3 is 10.6 Å². The van der Waals surface area contributed by atoms with Crippen LogP contribution in [0.4, 0.5) is 5.69 Å². The number of rotatable bonds is 5. The molecule has 3 atom stereocenters. The lowest BCUT2D eigenvalue weighted by molar-refractivity contribution is -0.120. The van der Waals surface area contributed by atoms with Gasteiger partial charge in [0.2, 0.25) is 5.91 Å². The van der Waals surface area contributed by atoms with E-state index in [1.165, 1.54) is 12.0 Å². The van der Waals surface area contributed by atoms with Gasteiger partial charge in [-0.3, -0.25) is 4.79 Å². The van der Waals surface area contributed by atoms with E-state index in [0.717, 1.165) is 36.9 Å². The second kappa shape index (κ2) is 5.57. The van der Waals surface area contributed by atoms with Crippen LogP contribution < -0.4 is 10.6 Å². The first-order chi connectivity index (χ1) is 9.67. The molecule has 1 amide bonds. The highest BCUT2D eigenvalue weighted by atomic mass is 16.1. The maximum Gasteiger partial charge on any atom is 0.227 e. The summed E-state index contributed by atoms with van der Waals surface area (Å²) < 4.78 is 0. The molecule has 1 aromatic carbocycles. The van der Waals surface area contributed by atoms with Crippen LogP contribution in [-0.4, -0.2) is 12.5 Å². The lowest BCUT2D eigenvalue weighted by atomic mass is 10.0. The van der Waals surface area contributed by atoms with Crippen LogP contribution in [0.15, 0.2) is 24.3 Å². The Morgan fingerprint density at radius 2 is 2.05 bits per heavy atom. The second-order valence-corrected chi connectivity index (χ2v) is 6.32. The number of amides is 1. The van der Waals surface area contributed by atoms with Crippen LogP contribution in [0.25, 0.3) is 0 Å². The Morgan fingerprint density at radius 3 is 2.75 bits per heavy atom. The molecule has 1 aromatic rings. The fourth-order valence-electron chi connectivity index (χ4n) is 3.48. The fourth-order valence-corrected chi connectivity index (χ4v) is 3.48. The summed E-state index contributed by atoms with van der Waals surface area (Å²) in [5, 5.41) is 6.49. The van der Waals surface area contributed by atoms with Gasteiger partial charge in [0.15, 0.2) is 0 Å². The van der Waals surface area contributed by atoms with Crippen molar-refractivity contribution in [1.82, 2.24) is 5.32 Å². The third-order valence-corrected chi connectivity index (χ3v) is 4.78. The number of hydrogen-bond donors (Lipinski definition) is 2. The third-order valence-electron chi connectivity index (χ3n) is 4.78. The van der Waals surface area contributed by atoms with Gasteiger partial charge in [-0.15, -0.1) is 0 Å². The van der Waals surface area contributed by atoms with Gasteiger partial charge in [-0.1, -0.05) is 19.1 Å². The molecular weight excluding hydrogens is 248 g/mol. The Balaban J connectivity index is 1.61. The van der Waals surface area contributed by atoms with E-state index in [1.807, 2.05) is 12.1 Å². The molecule has 20 heavy (non-hydrogen) atoms. The van der Waals surface area contributed by atoms with E-state index in [2.05, 4.69) is 36.6 Å². The van der Waals surface area contributed by atoms with Crippen molar-refractivity contribution in [1.29, 1.82) is 0 Å². The molecule has 108 valence electrons. The molecule has 3 nitrogen and oxygen atoms in total. The number of anilines is 1. The van der Waals surface area contributed by atoms with Crippen molar-refractivity contribution in [2.45, 2.75) is 39.2 Å². The van der Waals surface area contributed by atoms with E-state index in [1.54, 1.807) is 0 Å². The number of hydrogen-bond acceptors (Lipinski definition) is 2. The Labute approximate surface area is 121 Å². The highest BCUT2D eigenvalue weighted by Gasteiger charge is 2.47. The Bertz CT molecular complexity index is 490. The van der Waals surface area contributed by atoms with E-state index in [4.69, 9.17) is 0 Å². The standard InChI is InChI=1S/C17H24N2O/c1-3-18-11(2)12-5-4-6-16(10-12)19-17(20)15-8-13-7-14(13)9-15/h4-6,10-11,13-15,18H,3,7-9H2,1-2H3,(H,19,20). The third kappa shape index (κ3) is 2.88. The normalized spacial score (nSPS) is 28.8. The van der Waals surface area contributed by atoms with Crippen LogP contribution in [0.3, 0.4) is 0 Å². The number of carbonyl (C=O) groups is 1. The number of benzene rings is 1. The topological polar surface area (TPSA) is 41.1 Å². The van der Waals surface area contributed by atoms with Gasteiger partial charge in [-0.05, 0) is 62.3 Å². The SMILES string of the molecule is CCNC(C)c1cccc(NC(=O)C2CC3CC3C2)c1. The number of nitrogens with one attached hydrogen (secondary N) is 2. The van der Waals surface area contributed by atoms with Crippen molar-refractivity contribution in [2.75, 3.05) is 11.9 Å². The molecule has 2 aliphatic rings. The smallest absolute Gasteiger partial charge is 0.227 e. The zero-order valence-electron chi connectivity index (χ0n) is 12.4. The van der Waals surface area contributed by atoms with Crippen LogP contribution in [0.2, 0.25) is 0 Å². The molecule has 0 radical (unpaired) electrons. The van der Waals surface area contributed by atoms with Gasteiger partial charge in [-0.25, -0.2) is 0 Å². The van der Waals surface area contributed by atoms with E-state index in [9.17, 15) is 4.79 Å². The van der Waals surface area contributed by atoms with E-state index < -0.39 is 0 Å². The molecule has 3 unspecified atom stereocenters. The lowest BCUT2D eigenvalue weighted by Gasteiger charge is -2.16. The quantitative estimate of drug-likeness (QED) is 0.863. The summed E-state index contributed by atoms with van der Waals surface area (Å²) in [4.78, 5) is 12.3. The lowest BCUT2D eigenvalue weighted by Crippen LogP contribution is -2.22. The summed E-state index contributed by atoms with van der Waals surface area (Å²) in [6, 6.07) is 8.51. The van der Waals surface area contributed by atoms with Gasteiger partial charge in [0, 0.05) is 17.6 Å². The van der Waals surface area contributed by atoms with Crippen LogP contribution >= 0.6 is 0 Å². The van der Waals surface area contributed by atoms with Crippen molar-refractivity contribution in [3.05, 3.63) is 29.8 Å². The molecule has 2 aliphatic carbocycles. The zero-order chi connectivity index (χ0) is 14.1. The van der Waals surface area contributed by atoms with Gasteiger partial charge in [0.1, 0.15) is 0 Å². The van der Waals surface area contributed by atoms with E-state index in [-0.39, 0.29) is 11.8 Å². The van der Waals surface area contributed by atoms with Crippen molar-refractivity contribution in [3.63, 3.8) is 0 Å². The molecule has 0 spiro atoms. The fraction of sp³-hybridized carbons (Fsp3) is 0.588. The van der Waals surface area contributed by atoms with Crippen LogP contribution in [0, 0.1) is 17.8 Å². The average Bonchev–Trinajstić information content (AvgIpc) is 3.05. The molecule has 0 aromatic heterocycles. The molecular formula is C17H24N2O. The molecule has 0 aliphatic heterocycles. The summed E-state index contributed by atoms with van der Waals surface area (Å²) in [6.45, 7) is 5.20. The van der Waals surface area contributed by atoms with E-state index in [0.29, 0.717) is 6.04 Å². The van der Waals surface area contributed by atoms with Crippen LogP contribution in [0.5, 0.6) is 0 Å². The van der Waals surface area contributed by atoms with Gasteiger partial charge in [0.05, 0.1) is 0 Å². The zero-order valence-corrected chi connectivity index (χ0v) is 12.4. The summed E-state index contributed by atoms with van der Waals surface area (Å²) in [7, 11) is 0. The molecule has 0 saturated heterocycles. The van der Waals surface area contributed by atoms with Crippen molar-refractivity contribution >= 4 is 11.6 Å². The maximum absolute atomic E-state index is 12.3. The Hall–Kier alpha value is -1.35. The molecule has 2 N–H and O–H groups in total. The van der Waals surface area contributed by atoms with Gasteiger partial charge in [-0.2, -0.15) is 0 Å². The number of fused-ring (bicyclic) bond motifs is 1. The maximum atomic E-state index is 12.3. The summed E-state index contributed by atoms with van der Waals surface area (Å²) in [5.41, 5.74) is 2.15. The largest absolute Gasteiger partial charge is 0.326 e. The predicted octanol–water partition coefficient (Wildman–Crippen LogP) is 3.34. The van der Waals surface area contributed by atoms with Crippen molar-refractivity contribution < 1.29 is 4.79 Å². The predicted molar refractivity (Wildman–Crippen MR) is 81.5 cm³/mol. The molecule has 3 rings (SSSR count). The van der Waals surface area contributed by atoms with Gasteiger partial charge in [0.25, 0.3) is 0 Å². The number of carbonyl (C=O) groups excluding carboxylic acids is 1. The van der Waals surface area contributed by atoms with E-state index >= 15 is 0 Å². The molecule has 0 bridgehead atoms. The first kappa shape index (κ1) is 13.6. The Kier molecular flexibility index (Phi) is 3.79.